The summed E-state index contributed by atoms with van der Waals surface area (Å²) < 4.78 is 27.6. The molecule has 0 atom stereocenters. The highest BCUT2D eigenvalue weighted by Crippen LogP contribution is 2.20. The topological polar surface area (TPSA) is 75.2 Å². The summed E-state index contributed by atoms with van der Waals surface area (Å²) >= 11 is 6.05. The van der Waals surface area contributed by atoms with E-state index in [-0.39, 0.29) is 11.4 Å². The van der Waals surface area contributed by atoms with E-state index in [0.29, 0.717) is 16.7 Å². The van der Waals surface area contributed by atoms with Crippen LogP contribution in [0.15, 0.2) is 29.2 Å². The van der Waals surface area contributed by atoms with Gasteiger partial charge >= 0.3 is 0 Å². The third-order valence-corrected chi connectivity index (χ3v) is 6.24. The molecular weight excluding hydrogens is 372 g/mol. The lowest BCUT2D eigenvalue weighted by atomic mass is 10.1. The molecule has 140 valence electrons. The van der Waals surface area contributed by atoms with Gasteiger partial charge in [-0.15, -0.1) is 0 Å². The molecule has 1 saturated heterocycles. The molecule has 0 radical (unpaired) electrons. The lowest BCUT2D eigenvalue weighted by molar-refractivity contribution is 0.565. The number of nitrogens with one attached hydrogen (secondary N) is 1. The second-order valence-electron chi connectivity index (χ2n) is 6.58. The zero-order valence-electron chi connectivity index (χ0n) is 15.0. The van der Waals surface area contributed by atoms with Crippen LogP contribution in [0.4, 0.5) is 5.95 Å². The summed E-state index contributed by atoms with van der Waals surface area (Å²) in [5.74, 6) is 0.678. The van der Waals surface area contributed by atoms with Crippen molar-refractivity contribution in [3.05, 3.63) is 46.2 Å². The Morgan fingerprint density at radius 3 is 2.54 bits per heavy atom. The van der Waals surface area contributed by atoms with E-state index in [1.807, 2.05) is 13.8 Å². The monoisotopic (exact) mass is 394 g/mol. The van der Waals surface area contributed by atoms with E-state index >= 15 is 0 Å². The number of hydrogen-bond donors (Lipinski definition) is 1. The van der Waals surface area contributed by atoms with Crippen LogP contribution in [0.2, 0.25) is 5.02 Å². The van der Waals surface area contributed by atoms with Gasteiger partial charge in [0.1, 0.15) is 0 Å². The van der Waals surface area contributed by atoms with Crippen LogP contribution in [0.3, 0.4) is 0 Å². The summed E-state index contributed by atoms with van der Waals surface area (Å²) in [6.45, 7) is 5.72. The maximum Gasteiger partial charge on any atom is 0.240 e. The van der Waals surface area contributed by atoms with Gasteiger partial charge in [0.2, 0.25) is 16.0 Å². The molecule has 0 amide bonds. The molecule has 2 aromatic rings. The maximum atomic E-state index is 12.5. The molecule has 26 heavy (non-hydrogen) atoms. The summed E-state index contributed by atoms with van der Waals surface area (Å²) in [5.41, 5.74) is 2.32. The van der Waals surface area contributed by atoms with Gasteiger partial charge in [-0.3, -0.25) is 0 Å². The zero-order chi connectivity index (χ0) is 18.7. The maximum absolute atomic E-state index is 12.5. The molecule has 2 heterocycles. The summed E-state index contributed by atoms with van der Waals surface area (Å²) in [6, 6.07) is 6.51. The quantitative estimate of drug-likeness (QED) is 0.842. The van der Waals surface area contributed by atoms with Crippen molar-refractivity contribution in [2.75, 3.05) is 18.0 Å². The smallest absolute Gasteiger partial charge is 0.240 e. The fraction of sp³-hybridized carbons (Fsp3) is 0.444. The second kappa shape index (κ2) is 7.90. The van der Waals surface area contributed by atoms with E-state index in [2.05, 4.69) is 19.6 Å². The van der Waals surface area contributed by atoms with Gasteiger partial charge in [0.25, 0.3) is 0 Å². The molecule has 0 saturated carbocycles. The minimum absolute atomic E-state index is 0.109. The Kier molecular flexibility index (Phi) is 5.79. The lowest BCUT2D eigenvalue weighted by Crippen LogP contribution is -2.32. The number of hydrogen-bond acceptors (Lipinski definition) is 5. The molecule has 1 aliphatic rings. The van der Waals surface area contributed by atoms with Gasteiger partial charge in [-0.1, -0.05) is 17.7 Å². The van der Waals surface area contributed by atoms with Crippen LogP contribution in [-0.4, -0.2) is 31.5 Å². The second-order valence-corrected chi connectivity index (χ2v) is 8.76. The van der Waals surface area contributed by atoms with Gasteiger partial charge < -0.3 is 4.90 Å². The van der Waals surface area contributed by atoms with Crippen molar-refractivity contribution in [2.24, 2.45) is 0 Å². The lowest BCUT2D eigenvalue weighted by Gasteiger charge is -2.27. The number of aryl methyl sites for hydroxylation is 2. The predicted molar refractivity (Wildman–Crippen MR) is 103 cm³/mol. The average molecular weight is 395 g/mol. The predicted octanol–water partition coefficient (Wildman–Crippen LogP) is 3.22. The Labute approximate surface area is 159 Å². The number of benzene rings is 1. The van der Waals surface area contributed by atoms with E-state index in [4.69, 9.17) is 11.6 Å². The van der Waals surface area contributed by atoms with Crippen LogP contribution < -0.4 is 9.62 Å². The fourth-order valence-electron chi connectivity index (χ4n) is 2.94. The van der Waals surface area contributed by atoms with Gasteiger partial charge in [0.05, 0.1) is 17.1 Å². The van der Waals surface area contributed by atoms with Gasteiger partial charge in [-0.2, -0.15) is 0 Å². The Morgan fingerprint density at radius 2 is 1.85 bits per heavy atom. The zero-order valence-corrected chi connectivity index (χ0v) is 16.6. The van der Waals surface area contributed by atoms with Crippen molar-refractivity contribution in [1.82, 2.24) is 14.7 Å². The van der Waals surface area contributed by atoms with Gasteiger partial charge in [0, 0.05) is 23.8 Å². The summed E-state index contributed by atoms with van der Waals surface area (Å²) in [4.78, 5) is 11.4. The Morgan fingerprint density at radius 1 is 1.12 bits per heavy atom. The van der Waals surface area contributed by atoms with Crippen molar-refractivity contribution < 1.29 is 8.42 Å². The molecule has 0 bridgehead atoms. The van der Waals surface area contributed by atoms with Gasteiger partial charge in [-0.05, 0) is 56.9 Å². The Hall–Kier alpha value is -1.70. The van der Waals surface area contributed by atoms with Gasteiger partial charge in [0.15, 0.2) is 0 Å². The average Bonchev–Trinajstić information content (AvgIpc) is 2.62. The molecule has 1 aromatic carbocycles. The molecule has 6 nitrogen and oxygen atoms in total. The first-order chi connectivity index (χ1) is 12.3. The van der Waals surface area contributed by atoms with Crippen LogP contribution in [0, 0.1) is 13.8 Å². The molecule has 1 N–H and O–H groups in total. The first-order valence-electron chi connectivity index (χ1n) is 8.70. The number of halogens is 1. The summed E-state index contributed by atoms with van der Waals surface area (Å²) in [7, 11) is -3.66. The highest BCUT2D eigenvalue weighted by molar-refractivity contribution is 7.89. The first kappa shape index (κ1) is 19.1. The number of nitrogens with zero attached hydrogens (tertiary/aromatic N) is 3. The molecule has 0 spiro atoms. The third-order valence-electron chi connectivity index (χ3n) is 4.43. The Bertz CT molecular complexity index is 896. The van der Waals surface area contributed by atoms with E-state index in [9.17, 15) is 8.42 Å². The third kappa shape index (κ3) is 4.52. The molecule has 0 aliphatic carbocycles. The van der Waals surface area contributed by atoms with Crippen molar-refractivity contribution in [3.63, 3.8) is 0 Å². The highest BCUT2D eigenvalue weighted by Gasteiger charge is 2.17. The number of anilines is 1. The first-order valence-corrected chi connectivity index (χ1v) is 10.6. The normalized spacial score (nSPS) is 15.3. The van der Waals surface area contributed by atoms with Gasteiger partial charge in [-0.25, -0.2) is 23.1 Å². The minimum Gasteiger partial charge on any atom is -0.341 e. The molecule has 0 unspecified atom stereocenters. The fourth-order valence-corrected chi connectivity index (χ4v) is 4.21. The van der Waals surface area contributed by atoms with E-state index in [0.717, 1.165) is 37.2 Å². The van der Waals surface area contributed by atoms with Crippen LogP contribution in [0.5, 0.6) is 0 Å². The van der Waals surface area contributed by atoms with Crippen molar-refractivity contribution in [1.29, 1.82) is 0 Å². The summed E-state index contributed by atoms with van der Waals surface area (Å²) in [5, 5.41) is 0.429. The number of aromatic nitrogens is 2. The van der Waals surface area contributed by atoms with Crippen LogP contribution in [-0.2, 0) is 16.6 Å². The molecule has 1 aliphatic heterocycles. The van der Waals surface area contributed by atoms with Crippen LogP contribution in [0.25, 0.3) is 0 Å². The van der Waals surface area contributed by atoms with Crippen molar-refractivity contribution >= 4 is 27.6 Å². The van der Waals surface area contributed by atoms with Crippen LogP contribution >= 0.6 is 11.6 Å². The van der Waals surface area contributed by atoms with Crippen LogP contribution in [0.1, 0.15) is 36.2 Å². The van der Waals surface area contributed by atoms with E-state index in [1.165, 1.54) is 12.5 Å². The Balaban J connectivity index is 1.76. The summed E-state index contributed by atoms with van der Waals surface area (Å²) in [6.07, 6.45) is 3.50. The van der Waals surface area contributed by atoms with E-state index < -0.39 is 10.0 Å². The minimum atomic E-state index is -3.66. The van der Waals surface area contributed by atoms with Crippen molar-refractivity contribution in [2.45, 2.75) is 44.6 Å². The highest BCUT2D eigenvalue weighted by atomic mass is 35.5. The van der Waals surface area contributed by atoms with E-state index in [1.54, 1.807) is 18.2 Å². The molecule has 3 rings (SSSR count). The standard InChI is InChI=1S/C18H23ClN4O2S/c1-13-6-7-16(11-17(13)19)26(24,25)20-12-15-10-14(2)21-18(22-15)23-8-4-3-5-9-23/h6-7,10-11,20H,3-5,8-9,12H2,1-2H3. The molecule has 8 heteroatoms. The molecule has 1 aromatic heterocycles. The molecular formula is C18H23ClN4O2S. The largest absolute Gasteiger partial charge is 0.341 e. The number of rotatable bonds is 5. The number of piperidine rings is 1. The molecule has 1 fully saturated rings. The SMILES string of the molecule is Cc1cc(CNS(=O)(=O)c2ccc(C)c(Cl)c2)nc(N2CCCCC2)n1. The number of sulfonamides is 1. The van der Waals surface area contributed by atoms with Crippen molar-refractivity contribution in [3.8, 4) is 0 Å².